The number of benzene rings is 2. The molecule has 0 saturated carbocycles. The Morgan fingerprint density at radius 1 is 0.962 bits per heavy atom. The van der Waals surface area contributed by atoms with E-state index in [0.29, 0.717) is 19.5 Å². The molecule has 0 bridgehead atoms. The van der Waals surface area contributed by atoms with Crippen molar-refractivity contribution < 1.29 is 9.59 Å². The Morgan fingerprint density at radius 2 is 1.58 bits per heavy atom. The number of rotatable bonds is 4. The summed E-state index contributed by atoms with van der Waals surface area (Å²) in [7, 11) is 0. The number of piperidine rings is 1. The van der Waals surface area contributed by atoms with Gasteiger partial charge in [0.1, 0.15) is 0 Å². The Morgan fingerprint density at radius 3 is 2.19 bits per heavy atom. The number of hydrogen-bond acceptors (Lipinski definition) is 2. The fourth-order valence-corrected chi connectivity index (χ4v) is 3.51. The number of para-hydroxylation sites is 1. The zero-order chi connectivity index (χ0) is 18.5. The third-order valence-electron chi connectivity index (χ3n) is 5.15. The van der Waals surface area contributed by atoms with Crippen LogP contribution in [-0.2, 0) is 16.0 Å². The van der Waals surface area contributed by atoms with Crippen LogP contribution in [0.2, 0.25) is 0 Å². The van der Waals surface area contributed by atoms with E-state index in [1.165, 1.54) is 0 Å². The molecule has 0 spiro atoms. The van der Waals surface area contributed by atoms with E-state index in [9.17, 15) is 9.59 Å². The first-order valence-corrected chi connectivity index (χ1v) is 9.23. The number of anilines is 1. The Kier molecular flexibility index (Phi) is 5.71. The van der Waals surface area contributed by atoms with E-state index >= 15 is 0 Å². The molecule has 0 unspecified atom stereocenters. The molecule has 0 aromatic heterocycles. The van der Waals surface area contributed by atoms with Gasteiger partial charge in [-0.1, -0.05) is 48.5 Å². The molecule has 4 heteroatoms. The molecular weight excluding hydrogens is 324 g/mol. The molecule has 1 N–H and O–H groups in total. The number of aryl methyl sites for hydroxylation is 2. The molecule has 136 valence electrons. The number of nitrogens with one attached hydrogen (secondary N) is 1. The standard InChI is InChI=1S/C22H26N2O2/c1-16-7-6-8-17(2)21(16)23-22(26)19-11-13-24(14-12-19)20(25)15-18-9-4-3-5-10-18/h3-10,19H,11-15H2,1-2H3,(H,23,26). The van der Waals surface area contributed by atoms with Crippen molar-refractivity contribution in [1.29, 1.82) is 0 Å². The van der Waals surface area contributed by atoms with Crippen LogP contribution in [0.3, 0.4) is 0 Å². The van der Waals surface area contributed by atoms with Crippen molar-refractivity contribution in [1.82, 2.24) is 4.90 Å². The highest BCUT2D eigenvalue weighted by Gasteiger charge is 2.27. The molecule has 1 heterocycles. The van der Waals surface area contributed by atoms with E-state index in [1.54, 1.807) is 0 Å². The summed E-state index contributed by atoms with van der Waals surface area (Å²) in [5.74, 6) is 0.178. The van der Waals surface area contributed by atoms with E-state index in [1.807, 2.05) is 67.3 Å². The average molecular weight is 350 g/mol. The van der Waals surface area contributed by atoms with Gasteiger partial charge in [0, 0.05) is 24.7 Å². The van der Waals surface area contributed by atoms with E-state index in [4.69, 9.17) is 0 Å². The van der Waals surface area contributed by atoms with Crippen LogP contribution in [-0.4, -0.2) is 29.8 Å². The molecule has 1 aliphatic rings. The minimum Gasteiger partial charge on any atom is -0.342 e. The lowest BCUT2D eigenvalue weighted by molar-refractivity contribution is -0.133. The highest BCUT2D eigenvalue weighted by Crippen LogP contribution is 2.24. The second-order valence-electron chi connectivity index (χ2n) is 7.07. The molecule has 0 aliphatic carbocycles. The van der Waals surface area contributed by atoms with Crippen LogP contribution < -0.4 is 5.32 Å². The Labute approximate surface area is 155 Å². The van der Waals surface area contributed by atoms with Gasteiger partial charge in [-0.25, -0.2) is 0 Å². The van der Waals surface area contributed by atoms with Gasteiger partial charge in [0.2, 0.25) is 11.8 Å². The molecule has 0 atom stereocenters. The van der Waals surface area contributed by atoms with Gasteiger partial charge >= 0.3 is 0 Å². The van der Waals surface area contributed by atoms with Crippen molar-refractivity contribution in [2.45, 2.75) is 33.1 Å². The van der Waals surface area contributed by atoms with Gasteiger partial charge in [0.05, 0.1) is 6.42 Å². The summed E-state index contributed by atoms with van der Waals surface area (Å²) in [5, 5.41) is 3.09. The quantitative estimate of drug-likeness (QED) is 0.913. The van der Waals surface area contributed by atoms with Gasteiger partial charge < -0.3 is 10.2 Å². The normalized spacial score (nSPS) is 14.9. The van der Waals surface area contributed by atoms with Crippen LogP contribution in [0.25, 0.3) is 0 Å². The topological polar surface area (TPSA) is 49.4 Å². The first-order valence-electron chi connectivity index (χ1n) is 9.23. The van der Waals surface area contributed by atoms with Gasteiger partial charge in [0.25, 0.3) is 0 Å². The minimum atomic E-state index is -0.0326. The zero-order valence-electron chi connectivity index (χ0n) is 15.5. The van der Waals surface area contributed by atoms with Crippen LogP contribution >= 0.6 is 0 Å². The van der Waals surface area contributed by atoms with E-state index in [0.717, 1.165) is 35.2 Å². The number of hydrogen-bond donors (Lipinski definition) is 1. The summed E-state index contributed by atoms with van der Waals surface area (Å²) in [6.45, 7) is 5.31. The summed E-state index contributed by atoms with van der Waals surface area (Å²) in [6.07, 6.45) is 1.87. The van der Waals surface area contributed by atoms with Gasteiger partial charge in [-0.3, -0.25) is 9.59 Å². The highest BCUT2D eigenvalue weighted by molar-refractivity contribution is 5.94. The van der Waals surface area contributed by atoms with Crippen molar-refractivity contribution >= 4 is 17.5 Å². The summed E-state index contributed by atoms with van der Waals surface area (Å²) < 4.78 is 0. The first-order chi connectivity index (χ1) is 12.5. The van der Waals surface area contributed by atoms with Crippen LogP contribution in [0.4, 0.5) is 5.69 Å². The molecule has 1 saturated heterocycles. The van der Waals surface area contributed by atoms with Gasteiger partial charge in [0.15, 0.2) is 0 Å². The zero-order valence-corrected chi connectivity index (χ0v) is 15.5. The van der Waals surface area contributed by atoms with Gasteiger partial charge in [-0.05, 0) is 43.4 Å². The molecule has 2 aromatic carbocycles. The van der Waals surface area contributed by atoms with E-state index in [2.05, 4.69) is 5.32 Å². The third-order valence-corrected chi connectivity index (χ3v) is 5.15. The lowest BCUT2D eigenvalue weighted by Crippen LogP contribution is -2.42. The molecule has 1 aliphatic heterocycles. The second kappa shape index (κ2) is 8.17. The highest BCUT2D eigenvalue weighted by atomic mass is 16.2. The maximum absolute atomic E-state index is 12.6. The van der Waals surface area contributed by atoms with Gasteiger partial charge in [-0.2, -0.15) is 0 Å². The van der Waals surface area contributed by atoms with Crippen molar-refractivity contribution in [3.63, 3.8) is 0 Å². The SMILES string of the molecule is Cc1cccc(C)c1NC(=O)C1CCN(C(=O)Cc2ccccc2)CC1. The van der Waals surface area contributed by atoms with Crippen LogP contribution in [0.15, 0.2) is 48.5 Å². The van der Waals surface area contributed by atoms with Crippen LogP contribution in [0.1, 0.15) is 29.5 Å². The first kappa shape index (κ1) is 18.2. The number of likely N-dealkylation sites (tertiary alicyclic amines) is 1. The molecule has 26 heavy (non-hydrogen) atoms. The Bertz CT molecular complexity index is 758. The van der Waals surface area contributed by atoms with Crippen molar-refractivity contribution in [2.75, 3.05) is 18.4 Å². The van der Waals surface area contributed by atoms with Crippen molar-refractivity contribution in [3.05, 3.63) is 65.2 Å². The van der Waals surface area contributed by atoms with Crippen LogP contribution in [0.5, 0.6) is 0 Å². The number of amides is 2. The largest absolute Gasteiger partial charge is 0.342 e. The summed E-state index contributed by atoms with van der Waals surface area (Å²) in [5.41, 5.74) is 4.11. The minimum absolute atomic E-state index is 0.0326. The molecular formula is C22H26N2O2. The molecule has 1 fully saturated rings. The lowest BCUT2D eigenvalue weighted by Gasteiger charge is -2.31. The monoisotopic (exact) mass is 350 g/mol. The predicted molar refractivity (Wildman–Crippen MR) is 104 cm³/mol. The average Bonchev–Trinajstić information content (AvgIpc) is 2.65. The lowest BCUT2D eigenvalue weighted by atomic mass is 9.95. The van der Waals surface area contributed by atoms with Crippen molar-refractivity contribution in [2.24, 2.45) is 5.92 Å². The Balaban J connectivity index is 1.53. The molecule has 0 radical (unpaired) electrons. The molecule has 2 aromatic rings. The third kappa shape index (κ3) is 4.31. The van der Waals surface area contributed by atoms with E-state index < -0.39 is 0 Å². The number of nitrogens with zero attached hydrogens (tertiary/aromatic N) is 1. The van der Waals surface area contributed by atoms with Gasteiger partial charge in [-0.15, -0.1) is 0 Å². The summed E-state index contributed by atoms with van der Waals surface area (Å²) in [6, 6.07) is 15.8. The van der Waals surface area contributed by atoms with E-state index in [-0.39, 0.29) is 17.7 Å². The maximum Gasteiger partial charge on any atom is 0.227 e. The maximum atomic E-state index is 12.6. The molecule has 3 rings (SSSR count). The second-order valence-corrected chi connectivity index (χ2v) is 7.07. The predicted octanol–water partition coefficient (Wildman–Crippen LogP) is 3.72. The number of carbonyl (C=O) groups is 2. The number of carbonyl (C=O) groups excluding carboxylic acids is 2. The fraction of sp³-hybridized carbons (Fsp3) is 0.364. The van der Waals surface area contributed by atoms with Crippen molar-refractivity contribution in [3.8, 4) is 0 Å². The van der Waals surface area contributed by atoms with Crippen LogP contribution in [0, 0.1) is 19.8 Å². The summed E-state index contributed by atoms with van der Waals surface area (Å²) >= 11 is 0. The summed E-state index contributed by atoms with van der Waals surface area (Å²) in [4.78, 5) is 27.0. The molecule has 2 amide bonds. The smallest absolute Gasteiger partial charge is 0.227 e. The fourth-order valence-electron chi connectivity index (χ4n) is 3.51. The molecule has 4 nitrogen and oxygen atoms in total. The Hall–Kier alpha value is -2.62.